The second kappa shape index (κ2) is 4.70. The Labute approximate surface area is 101 Å². The Hall–Kier alpha value is -1.01. The molecule has 1 rings (SSSR count). The first-order chi connectivity index (χ1) is 7.66. The van der Waals surface area contributed by atoms with Crippen molar-refractivity contribution in [1.29, 1.82) is 0 Å². The number of halogens is 4. The summed E-state index contributed by atoms with van der Waals surface area (Å²) in [6.45, 7) is 3.29. The van der Waals surface area contributed by atoms with Crippen molar-refractivity contribution in [1.82, 2.24) is 0 Å². The minimum absolute atomic E-state index is 0.142. The van der Waals surface area contributed by atoms with Crippen molar-refractivity contribution in [2.24, 2.45) is 0 Å². The lowest BCUT2D eigenvalue weighted by Gasteiger charge is -2.11. The van der Waals surface area contributed by atoms with Crippen LogP contribution in [-0.4, -0.2) is 8.42 Å². The van der Waals surface area contributed by atoms with Crippen LogP contribution in [0.1, 0.15) is 16.4 Å². The zero-order valence-corrected chi connectivity index (χ0v) is 9.98. The van der Waals surface area contributed by atoms with Gasteiger partial charge in [-0.1, -0.05) is 18.2 Å². The van der Waals surface area contributed by atoms with Crippen molar-refractivity contribution in [2.45, 2.75) is 11.4 Å². The van der Waals surface area contributed by atoms with Crippen molar-refractivity contribution < 1.29 is 21.6 Å². The van der Waals surface area contributed by atoms with E-state index in [1.54, 1.807) is 0 Å². The van der Waals surface area contributed by atoms with Crippen molar-refractivity contribution in [2.75, 3.05) is 0 Å². The molecule has 2 nitrogen and oxygen atoms in total. The van der Waals surface area contributed by atoms with Gasteiger partial charge in [-0.2, -0.15) is 13.2 Å². The summed E-state index contributed by atoms with van der Waals surface area (Å²) in [5.74, 6) is 0. The van der Waals surface area contributed by atoms with Gasteiger partial charge in [-0.15, -0.1) is 6.58 Å². The van der Waals surface area contributed by atoms with Gasteiger partial charge in [0.25, 0.3) is 0 Å². The molecule has 1 atom stereocenters. The molecule has 0 N–H and O–H groups in total. The van der Waals surface area contributed by atoms with Crippen molar-refractivity contribution in [3.05, 3.63) is 48.0 Å². The third kappa shape index (κ3) is 3.47. The smallest absolute Gasteiger partial charge is 0.211 e. The van der Waals surface area contributed by atoms with Gasteiger partial charge in [0.2, 0.25) is 9.05 Å². The van der Waals surface area contributed by atoms with Crippen LogP contribution in [0.4, 0.5) is 13.2 Å². The van der Waals surface area contributed by atoms with Crippen LogP contribution in [0, 0.1) is 0 Å². The molecule has 17 heavy (non-hydrogen) atoms. The van der Waals surface area contributed by atoms with E-state index in [9.17, 15) is 21.6 Å². The van der Waals surface area contributed by atoms with Gasteiger partial charge in [0.15, 0.2) is 0 Å². The first-order valence-electron chi connectivity index (χ1n) is 4.39. The maximum atomic E-state index is 12.3. The highest BCUT2D eigenvalue weighted by Gasteiger charge is 2.31. The molecule has 0 aromatic heterocycles. The van der Waals surface area contributed by atoms with Gasteiger partial charge in [0, 0.05) is 10.7 Å². The summed E-state index contributed by atoms with van der Waals surface area (Å²) < 4.78 is 59.0. The molecule has 1 aromatic carbocycles. The van der Waals surface area contributed by atoms with Gasteiger partial charge in [-0.25, -0.2) is 8.42 Å². The standard InChI is InChI=1S/C10H8ClF3O2S/c1-2-9(17(11,15)16)7-3-5-8(6-4-7)10(12,13)14/h2-6,9H,1H2. The molecule has 0 aliphatic heterocycles. The number of alkyl halides is 3. The first-order valence-corrected chi connectivity index (χ1v) is 6.76. The molecule has 1 unspecified atom stereocenters. The third-order valence-corrected chi connectivity index (χ3v) is 3.73. The van der Waals surface area contributed by atoms with E-state index >= 15 is 0 Å². The largest absolute Gasteiger partial charge is 0.416 e. The summed E-state index contributed by atoms with van der Waals surface area (Å²) in [4.78, 5) is 0. The van der Waals surface area contributed by atoms with Gasteiger partial charge < -0.3 is 0 Å². The molecule has 0 radical (unpaired) electrons. The number of benzene rings is 1. The lowest BCUT2D eigenvalue weighted by atomic mass is 10.1. The Morgan fingerprint density at radius 1 is 1.24 bits per heavy atom. The molecule has 0 spiro atoms. The van der Waals surface area contributed by atoms with E-state index in [-0.39, 0.29) is 5.56 Å². The molecule has 0 amide bonds. The van der Waals surface area contributed by atoms with Gasteiger partial charge in [0.05, 0.1) is 5.56 Å². The van der Waals surface area contributed by atoms with Crippen LogP contribution in [0.5, 0.6) is 0 Å². The lowest BCUT2D eigenvalue weighted by molar-refractivity contribution is -0.137. The first kappa shape index (κ1) is 14.1. The zero-order valence-electron chi connectivity index (χ0n) is 8.41. The number of hydrogen-bond acceptors (Lipinski definition) is 2. The second-order valence-corrected chi connectivity index (χ2v) is 6.00. The molecular formula is C10H8ClF3O2S. The third-order valence-electron chi connectivity index (χ3n) is 2.08. The monoisotopic (exact) mass is 284 g/mol. The van der Waals surface area contributed by atoms with E-state index < -0.39 is 26.0 Å². The molecule has 0 heterocycles. The van der Waals surface area contributed by atoms with Crippen LogP contribution in [-0.2, 0) is 15.2 Å². The molecule has 1 aromatic rings. The quantitative estimate of drug-likeness (QED) is 0.629. The second-order valence-electron chi connectivity index (χ2n) is 3.25. The average molecular weight is 285 g/mol. The van der Waals surface area contributed by atoms with Crippen LogP contribution in [0.15, 0.2) is 36.9 Å². The van der Waals surface area contributed by atoms with E-state index in [2.05, 4.69) is 6.58 Å². The molecule has 7 heteroatoms. The topological polar surface area (TPSA) is 34.1 Å². The predicted octanol–water partition coefficient (Wildman–Crippen LogP) is 3.50. The Kier molecular flexibility index (Phi) is 3.88. The Morgan fingerprint density at radius 2 is 1.71 bits per heavy atom. The predicted molar refractivity (Wildman–Crippen MR) is 59.2 cm³/mol. The number of hydrogen-bond donors (Lipinski definition) is 0. The summed E-state index contributed by atoms with van der Waals surface area (Å²) in [6, 6.07) is 3.73. The average Bonchev–Trinajstić information content (AvgIpc) is 2.16. The fraction of sp³-hybridized carbons (Fsp3) is 0.200. The highest BCUT2D eigenvalue weighted by Crippen LogP contribution is 2.32. The van der Waals surface area contributed by atoms with E-state index in [1.165, 1.54) is 0 Å². The maximum absolute atomic E-state index is 12.3. The van der Waals surface area contributed by atoms with Crippen LogP contribution in [0.25, 0.3) is 0 Å². The highest BCUT2D eigenvalue weighted by atomic mass is 35.7. The summed E-state index contributed by atoms with van der Waals surface area (Å²) >= 11 is 0. The van der Waals surface area contributed by atoms with Crippen LogP contribution in [0.3, 0.4) is 0 Å². The number of rotatable bonds is 3. The molecule has 94 valence electrons. The van der Waals surface area contributed by atoms with Gasteiger partial charge in [-0.05, 0) is 17.7 Å². The van der Waals surface area contributed by atoms with Crippen molar-refractivity contribution >= 4 is 19.7 Å². The van der Waals surface area contributed by atoms with Crippen LogP contribution >= 0.6 is 10.7 Å². The Bertz CT molecular complexity index is 505. The van der Waals surface area contributed by atoms with Crippen LogP contribution < -0.4 is 0 Å². The maximum Gasteiger partial charge on any atom is 0.416 e. The molecule has 0 aliphatic rings. The van der Waals surface area contributed by atoms with Crippen LogP contribution in [0.2, 0.25) is 0 Å². The van der Waals surface area contributed by atoms with E-state index in [0.717, 1.165) is 30.3 Å². The summed E-state index contributed by atoms with van der Waals surface area (Å²) in [7, 11) is 1.20. The molecular weight excluding hydrogens is 277 g/mol. The SMILES string of the molecule is C=CC(c1ccc(C(F)(F)F)cc1)S(=O)(=O)Cl. The molecule has 0 fully saturated rings. The zero-order chi connectivity index (χ0) is 13.3. The lowest BCUT2D eigenvalue weighted by Crippen LogP contribution is -2.07. The molecule has 0 saturated carbocycles. The van der Waals surface area contributed by atoms with E-state index in [0.29, 0.717) is 0 Å². The molecule has 0 bridgehead atoms. The Balaban J connectivity index is 3.15. The fourth-order valence-corrected chi connectivity index (χ4v) is 2.51. The minimum atomic E-state index is -4.46. The van der Waals surface area contributed by atoms with E-state index in [4.69, 9.17) is 10.7 Å². The molecule has 0 aliphatic carbocycles. The van der Waals surface area contributed by atoms with Crippen molar-refractivity contribution in [3.8, 4) is 0 Å². The van der Waals surface area contributed by atoms with E-state index in [1.807, 2.05) is 0 Å². The summed E-state index contributed by atoms with van der Waals surface area (Å²) in [5.41, 5.74) is -0.709. The van der Waals surface area contributed by atoms with Gasteiger partial charge in [-0.3, -0.25) is 0 Å². The fourth-order valence-electron chi connectivity index (χ4n) is 1.28. The normalized spacial score (nSPS) is 14.4. The highest BCUT2D eigenvalue weighted by molar-refractivity contribution is 8.14. The van der Waals surface area contributed by atoms with Gasteiger partial charge in [0.1, 0.15) is 5.25 Å². The Morgan fingerprint density at radius 3 is 2.00 bits per heavy atom. The van der Waals surface area contributed by atoms with Gasteiger partial charge >= 0.3 is 6.18 Å². The molecule has 0 saturated heterocycles. The summed E-state index contributed by atoms with van der Waals surface area (Å²) in [6.07, 6.45) is -3.40. The minimum Gasteiger partial charge on any atom is -0.211 e. The van der Waals surface area contributed by atoms with Crippen molar-refractivity contribution in [3.63, 3.8) is 0 Å². The summed E-state index contributed by atoms with van der Waals surface area (Å²) in [5, 5.41) is -1.22.